The molecule has 2 aromatic rings. The van der Waals surface area contributed by atoms with E-state index in [2.05, 4.69) is 4.72 Å². The number of methoxy groups -OCH3 is 1. The number of rotatable bonds is 6. The summed E-state index contributed by atoms with van der Waals surface area (Å²) >= 11 is 0. The second-order valence-electron chi connectivity index (χ2n) is 5.89. The number of carbonyl (C=O) groups excluding carboxylic acids is 1. The summed E-state index contributed by atoms with van der Waals surface area (Å²) in [7, 11) is -2.78. The topological polar surface area (TPSA) is 119 Å². The number of carbonyl (C=O) groups is 1. The molecule has 142 valence electrons. The van der Waals surface area contributed by atoms with Gasteiger partial charge in [-0.1, -0.05) is 0 Å². The van der Waals surface area contributed by atoms with Gasteiger partial charge in [0.2, 0.25) is 5.91 Å². The number of hydrogen-bond acceptors (Lipinski definition) is 6. The molecule has 1 amide bonds. The Morgan fingerprint density at radius 3 is 2.44 bits per heavy atom. The number of anilines is 2. The van der Waals surface area contributed by atoms with Gasteiger partial charge in [-0.3, -0.25) is 19.6 Å². The first-order valence-corrected chi connectivity index (χ1v) is 9.56. The first-order valence-electron chi connectivity index (χ1n) is 8.07. The SMILES string of the molecule is COc1cc([N+](=O)[O-])ccc1S(=O)(=O)Nc1ccc(N2CCCC2=O)cc1. The first-order chi connectivity index (χ1) is 12.8. The highest BCUT2D eigenvalue weighted by atomic mass is 32.2. The maximum atomic E-state index is 12.6. The summed E-state index contributed by atoms with van der Waals surface area (Å²) in [6.45, 7) is 0.643. The minimum atomic E-state index is -4.02. The highest BCUT2D eigenvalue weighted by molar-refractivity contribution is 7.92. The Hall–Kier alpha value is -3.14. The van der Waals surface area contributed by atoms with Gasteiger partial charge in [0.15, 0.2) is 0 Å². The van der Waals surface area contributed by atoms with E-state index in [1.165, 1.54) is 7.11 Å². The number of sulfonamides is 1. The molecule has 27 heavy (non-hydrogen) atoms. The van der Waals surface area contributed by atoms with E-state index in [9.17, 15) is 23.3 Å². The van der Waals surface area contributed by atoms with Crippen molar-refractivity contribution < 1.29 is 22.9 Å². The molecule has 2 aromatic carbocycles. The smallest absolute Gasteiger partial charge is 0.273 e. The van der Waals surface area contributed by atoms with Crippen molar-refractivity contribution in [3.63, 3.8) is 0 Å². The molecule has 1 N–H and O–H groups in total. The van der Waals surface area contributed by atoms with E-state index in [-0.39, 0.29) is 22.2 Å². The van der Waals surface area contributed by atoms with Crippen LogP contribution in [0.25, 0.3) is 0 Å². The quantitative estimate of drug-likeness (QED) is 0.597. The van der Waals surface area contributed by atoms with Crippen LogP contribution >= 0.6 is 0 Å². The second-order valence-corrected chi connectivity index (χ2v) is 7.54. The molecular formula is C17H17N3O6S. The number of nitro benzene ring substituents is 1. The summed E-state index contributed by atoms with van der Waals surface area (Å²) in [5, 5.41) is 10.8. The van der Waals surface area contributed by atoms with Crippen molar-refractivity contribution in [3.8, 4) is 5.75 Å². The van der Waals surface area contributed by atoms with Crippen molar-refractivity contribution in [1.29, 1.82) is 0 Å². The third-order valence-electron chi connectivity index (χ3n) is 4.15. The van der Waals surface area contributed by atoms with Gasteiger partial charge in [0.25, 0.3) is 15.7 Å². The van der Waals surface area contributed by atoms with E-state index in [1.54, 1.807) is 29.2 Å². The van der Waals surface area contributed by atoms with Crippen LogP contribution in [0.1, 0.15) is 12.8 Å². The third kappa shape index (κ3) is 3.85. The Morgan fingerprint density at radius 1 is 1.19 bits per heavy atom. The van der Waals surface area contributed by atoms with Gasteiger partial charge in [-0.2, -0.15) is 0 Å². The number of non-ortho nitro benzene ring substituents is 1. The number of nitro groups is 1. The van der Waals surface area contributed by atoms with E-state index in [1.807, 2.05) is 0 Å². The van der Waals surface area contributed by atoms with Crippen LogP contribution in [-0.2, 0) is 14.8 Å². The molecule has 0 saturated carbocycles. The predicted octanol–water partition coefficient (Wildman–Crippen LogP) is 2.53. The van der Waals surface area contributed by atoms with Crippen molar-refractivity contribution in [2.75, 3.05) is 23.3 Å². The van der Waals surface area contributed by atoms with E-state index in [4.69, 9.17) is 4.74 Å². The van der Waals surface area contributed by atoms with E-state index in [0.29, 0.717) is 24.3 Å². The summed E-state index contributed by atoms with van der Waals surface area (Å²) in [5.41, 5.74) is 0.726. The fraction of sp³-hybridized carbons (Fsp3) is 0.235. The van der Waals surface area contributed by atoms with E-state index in [0.717, 1.165) is 24.6 Å². The summed E-state index contributed by atoms with van der Waals surface area (Å²) in [5.74, 6) is -0.0880. The summed E-state index contributed by atoms with van der Waals surface area (Å²) in [6.07, 6.45) is 1.31. The van der Waals surface area contributed by atoms with E-state index >= 15 is 0 Å². The molecule has 10 heteroatoms. The average molecular weight is 391 g/mol. The van der Waals surface area contributed by atoms with Gasteiger partial charge in [-0.15, -0.1) is 0 Å². The largest absolute Gasteiger partial charge is 0.495 e. The van der Waals surface area contributed by atoms with Gasteiger partial charge in [0.1, 0.15) is 10.6 Å². The van der Waals surface area contributed by atoms with Gasteiger partial charge in [0, 0.05) is 30.4 Å². The molecular weight excluding hydrogens is 374 g/mol. The molecule has 1 aliphatic rings. The Kier molecular flexibility index (Phi) is 5.00. The van der Waals surface area contributed by atoms with Crippen LogP contribution in [0.2, 0.25) is 0 Å². The maximum Gasteiger partial charge on any atom is 0.273 e. The van der Waals surface area contributed by atoms with Crippen molar-refractivity contribution in [1.82, 2.24) is 0 Å². The van der Waals surface area contributed by atoms with Crippen molar-refractivity contribution in [2.45, 2.75) is 17.7 Å². The number of nitrogens with zero attached hydrogens (tertiary/aromatic N) is 2. The molecule has 1 aliphatic heterocycles. The predicted molar refractivity (Wildman–Crippen MR) is 98.5 cm³/mol. The molecule has 0 atom stereocenters. The van der Waals surface area contributed by atoms with Crippen LogP contribution in [0.5, 0.6) is 5.75 Å². The molecule has 0 spiro atoms. The van der Waals surface area contributed by atoms with Gasteiger partial charge in [-0.05, 0) is 36.8 Å². The monoisotopic (exact) mass is 391 g/mol. The summed E-state index contributed by atoms with van der Waals surface area (Å²) in [6, 6.07) is 9.70. The van der Waals surface area contributed by atoms with Gasteiger partial charge in [0.05, 0.1) is 18.1 Å². The number of nitrogens with one attached hydrogen (secondary N) is 1. The Morgan fingerprint density at radius 2 is 1.89 bits per heavy atom. The Labute approximate surface area is 155 Å². The lowest BCUT2D eigenvalue weighted by atomic mass is 10.2. The highest BCUT2D eigenvalue weighted by Crippen LogP contribution is 2.30. The zero-order valence-corrected chi connectivity index (χ0v) is 15.2. The zero-order valence-electron chi connectivity index (χ0n) is 14.4. The Balaban J connectivity index is 1.84. The third-order valence-corrected chi connectivity index (χ3v) is 5.57. The lowest BCUT2D eigenvalue weighted by Crippen LogP contribution is -2.23. The number of hydrogen-bond donors (Lipinski definition) is 1. The molecule has 9 nitrogen and oxygen atoms in total. The normalized spacial score (nSPS) is 14.3. The number of benzene rings is 2. The van der Waals surface area contributed by atoms with Crippen molar-refractivity contribution in [3.05, 3.63) is 52.6 Å². The summed E-state index contributed by atoms with van der Waals surface area (Å²) < 4.78 is 32.7. The Bertz CT molecular complexity index is 988. The van der Waals surface area contributed by atoms with Crippen LogP contribution in [0.15, 0.2) is 47.4 Å². The minimum Gasteiger partial charge on any atom is -0.495 e. The molecule has 1 saturated heterocycles. The molecule has 0 aliphatic carbocycles. The van der Waals surface area contributed by atoms with Crippen LogP contribution in [0.4, 0.5) is 17.1 Å². The van der Waals surface area contributed by atoms with Crippen molar-refractivity contribution >= 4 is 33.0 Å². The molecule has 1 fully saturated rings. The van der Waals surface area contributed by atoms with Crippen LogP contribution in [0.3, 0.4) is 0 Å². The molecule has 0 radical (unpaired) electrons. The molecule has 1 heterocycles. The lowest BCUT2D eigenvalue weighted by Gasteiger charge is -2.16. The van der Waals surface area contributed by atoms with Crippen LogP contribution in [-0.4, -0.2) is 32.9 Å². The first kappa shape index (κ1) is 18.6. The maximum absolute atomic E-state index is 12.6. The fourth-order valence-electron chi connectivity index (χ4n) is 2.83. The highest BCUT2D eigenvalue weighted by Gasteiger charge is 2.24. The molecule has 3 rings (SSSR count). The van der Waals surface area contributed by atoms with E-state index < -0.39 is 14.9 Å². The average Bonchev–Trinajstić information content (AvgIpc) is 3.07. The lowest BCUT2D eigenvalue weighted by molar-refractivity contribution is -0.385. The zero-order chi connectivity index (χ0) is 19.6. The molecule has 0 aromatic heterocycles. The standard InChI is InChI=1S/C17H17N3O6S/c1-26-15-11-14(20(22)23)8-9-16(15)27(24,25)18-12-4-6-13(7-5-12)19-10-2-3-17(19)21/h4-9,11,18H,2-3,10H2,1H3. The number of ether oxygens (including phenoxy) is 1. The van der Waals surface area contributed by atoms with Gasteiger partial charge >= 0.3 is 0 Å². The van der Waals surface area contributed by atoms with Crippen LogP contribution in [0, 0.1) is 10.1 Å². The molecule has 0 bridgehead atoms. The second kappa shape index (κ2) is 7.23. The number of amides is 1. The molecule has 0 unspecified atom stereocenters. The van der Waals surface area contributed by atoms with Gasteiger partial charge < -0.3 is 9.64 Å². The minimum absolute atomic E-state index is 0.0407. The van der Waals surface area contributed by atoms with Crippen LogP contribution < -0.4 is 14.4 Å². The van der Waals surface area contributed by atoms with Gasteiger partial charge in [-0.25, -0.2) is 8.42 Å². The fourth-order valence-corrected chi connectivity index (χ4v) is 4.04. The van der Waals surface area contributed by atoms with Crippen molar-refractivity contribution in [2.24, 2.45) is 0 Å². The summed E-state index contributed by atoms with van der Waals surface area (Å²) in [4.78, 5) is 23.4.